The van der Waals surface area contributed by atoms with Crippen molar-refractivity contribution in [2.45, 2.75) is 13.8 Å². The summed E-state index contributed by atoms with van der Waals surface area (Å²) in [6, 6.07) is 5.22. The first kappa shape index (κ1) is 13.7. The van der Waals surface area contributed by atoms with E-state index in [-0.39, 0.29) is 5.41 Å². The molecule has 0 aromatic heterocycles. The lowest BCUT2D eigenvalue weighted by atomic mass is 9.92. The number of hydrogen-bond acceptors (Lipinski definition) is 4. The number of benzene rings is 1. The zero-order chi connectivity index (χ0) is 14.0. The number of carboxylic acid groups (broad SMARTS) is 1. The maximum Gasteiger partial charge on any atom is 0.335 e. The number of nitrogens with one attached hydrogen (secondary N) is 1. The van der Waals surface area contributed by atoms with Gasteiger partial charge < -0.3 is 21.1 Å². The summed E-state index contributed by atoms with van der Waals surface area (Å²) in [6.07, 6.45) is 0. The van der Waals surface area contributed by atoms with Gasteiger partial charge >= 0.3 is 5.97 Å². The molecule has 0 atom stereocenters. The Labute approximate surface area is 113 Å². The molecule has 0 saturated heterocycles. The van der Waals surface area contributed by atoms with Gasteiger partial charge in [0.2, 0.25) is 0 Å². The van der Waals surface area contributed by atoms with Gasteiger partial charge in [0.15, 0.2) is 0 Å². The van der Waals surface area contributed by atoms with E-state index in [0.29, 0.717) is 12.1 Å². The quantitative estimate of drug-likeness (QED) is 0.769. The van der Waals surface area contributed by atoms with E-state index in [2.05, 4.69) is 24.1 Å². The SMILES string of the molecule is CC(C)(CN)CN1CCNc2cc(C(=O)O)ccc21. The highest BCUT2D eigenvalue weighted by atomic mass is 16.4. The minimum atomic E-state index is -0.899. The number of anilines is 2. The monoisotopic (exact) mass is 263 g/mol. The first-order valence-electron chi connectivity index (χ1n) is 6.49. The molecule has 104 valence electrons. The second-order valence-electron chi connectivity index (χ2n) is 5.75. The number of nitrogens with two attached hydrogens (primary N) is 1. The molecule has 0 saturated carbocycles. The molecule has 4 N–H and O–H groups in total. The van der Waals surface area contributed by atoms with Gasteiger partial charge in [-0.05, 0) is 30.2 Å². The number of nitrogens with zero attached hydrogens (tertiary/aromatic N) is 1. The predicted octanol–water partition coefficient (Wildman–Crippen LogP) is 1.60. The number of rotatable bonds is 4. The minimum Gasteiger partial charge on any atom is -0.478 e. The van der Waals surface area contributed by atoms with Crippen molar-refractivity contribution in [3.63, 3.8) is 0 Å². The van der Waals surface area contributed by atoms with Crippen LogP contribution < -0.4 is 16.0 Å². The standard InChI is InChI=1S/C14H21N3O2/c1-14(2,8-15)9-17-6-5-16-11-7-10(13(18)19)3-4-12(11)17/h3-4,7,16H,5-6,8-9,15H2,1-2H3,(H,18,19). The van der Waals surface area contributed by atoms with Gasteiger partial charge in [0.1, 0.15) is 0 Å². The number of carboxylic acids is 1. The van der Waals surface area contributed by atoms with Gasteiger partial charge in [0.05, 0.1) is 16.9 Å². The van der Waals surface area contributed by atoms with E-state index in [0.717, 1.165) is 31.0 Å². The minimum absolute atomic E-state index is 0.0417. The zero-order valence-corrected chi connectivity index (χ0v) is 11.4. The Morgan fingerprint density at radius 3 is 2.89 bits per heavy atom. The highest BCUT2D eigenvalue weighted by Gasteiger charge is 2.24. The lowest BCUT2D eigenvalue weighted by molar-refractivity contribution is 0.0697. The molecule has 1 aliphatic rings. The largest absolute Gasteiger partial charge is 0.478 e. The van der Waals surface area contributed by atoms with Crippen molar-refractivity contribution in [2.75, 3.05) is 36.4 Å². The maximum absolute atomic E-state index is 11.0. The zero-order valence-electron chi connectivity index (χ0n) is 11.4. The Morgan fingerprint density at radius 1 is 1.53 bits per heavy atom. The molecule has 1 heterocycles. The number of hydrogen-bond donors (Lipinski definition) is 3. The van der Waals surface area contributed by atoms with E-state index in [9.17, 15) is 4.79 Å². The summed E-state index contributed by atoms with van der Waals surface area (Å²) >= 11 is 0. The highest BCUT2D eigenvalue weighted by molar-refractivity contribution is 5.91. The van der Waals surface area contributed by atoms with Crippen molar-refractivity contribution in [1.29, 1.82) is 0 Å². The van der Waals surface area contributed by atoms with E-state index in [1.807, 2.05) is 6.07 Å². The van der Waals surface area contributed by atoms with Crippen molar-refractivity contribution in [1.82, 2.24) is 0 Å². The third-order valence-electron chi connectivity index (χ3n) is 3.45. The van der Waals surface area contributed by atoms with Crippen LogP contribution in [0, 0.1) is 5.41 Å². The average molecular weight is 263 g/mol. The van der Waals surface area contributed by atoms with Crippen LogP contribution >= 0.6 is 0 Å². The van der Waals surface area contributed by atoms with Crippen LogP contribution in [0.2, 0.25) is 0 Å². The molecular formula is C14H21N3O2. The van der Waals surface area contributed by atoms with Crippen LogP contribution in [-0.2, 0) is 0 Å². The van der Waals surface area contributed by atoms with E-state index in [1.54, 1.807) is 12.1 Å². The van der Waals surface area contributed by atoms with Crippen LogP contribution in [0.1, 0.15) is 24.2 Å². The summed E-state index contributed by atoms with van der Waals surface area (Å²) in [5, 5.41) is 12.3. The van der Waals surface area contributed by atoms with Gasteiger partial charge in [-0.3, -0.25) is 0 Å². The third kappa shape index (κ3) is 2.98. The summed E-state index contributed by atoms with van der Waals surface area (Å²) in [4.78, 5) is 13.3. The molecule has 1 aromatic carbocycles. The number of carbonyl (C=O) groups is 1. The average Bonchev–Trinajstić information content (AvgIpc) is 2.38. The first-order chi connectivity index (χ1) is 8.93. The smallest absolute Gasteiger partial charge is 0.335 e. The van der Waals surface area contributed by atoms with Gasteiger partial charge in [-0.25, -0.2) is 4.79 Å². The van der Waals surface area contributed by atoms with Crippen LogP contribution in [-0.4, -0.2) is 37.3 Å². The fourth-order valence-electron chi connectivity index (χ4n) is 2.28. The van der Waals surface area contributed by atoms with Crippen molar-refractivity contribution in [2.24, 2.45) is 11.1 Å². The Morgan fingerprint density at radius 2 is 2.26 bits per heavy atom. The molecule has 0 radical (unpaired) electrons. The van der Waals surface area contributed by atoms with Gasteiger partial charge in [-0.1, -0.05) is 13.8 Å². The fraction of sp³-hybridized carbons (Fsp3) is 0.500. The summed E-state index contributed by atoms with van der Waals surface area (Å²) in [5.74, 6) is -0.899. The van der Waals surface area contributed by atoms with Crippen LogP contribution in [0.15, 0.2) is 18.2 Å². The van der Waals surface area contributed by atoms with E-state index < -0.39 is 5.97 Å². The number of fused-ring (bicyclic) bond motifs is 1. The van der Waals surface area contributed by atoms with Crippen LogP contribution in [0.5, 0.6) is 0 Å². The Hall–Kier alpha value is -1.75. The second-order valence-corrected chi connectivity index (χ2v) is 5.75. The van der Waals surface area contributed by atoms with Crippen molar-refractivity contribution in [3.8, 4) is 0 Å². The molecule has 0 bridgehead atoms. The van der Waals surface area contributed by atoms with Crippen molar-refractivity contribution in [3.05, 3.63) is 23.8 Å². The highest BCUT2D eigenvalue weighted by Crippen LogP contribution is 2.32. The van der Waals surface area contributed by atoms with Crippen LogP contribution in [0.3, 0.4) is 0 Å². The van der Waals surface area contributed by atoms with E-state index in [1.165, 1.54) is 0 Å². The molecule has 2 rings (SSSR count). The maximum atomic E-state index is 11.0. The molecule has 0 fully saturated rings. The molecule has 1 aromatic rings. The van der Waals surface area contributed by atoms with Gasteiger partial charge in [-0.15, -0.1) is 0 Å². The normalized spacial score (nSPS) is 14.8. The molecule has 1 aliphatic heterocycles. The van der Waals surface area contributed by atoms with Crippen molar-refractivity contribution < 1.29 is 9.90 Å². The van der Waals surface area contributed by atoms with E-state index >= 15 is 0 Å². The second kappa shape index (κ2) is 5.09. The van der Waals surface area contributed by atoms with Crippen molar-refractivity contribution >= 4 is 17.3 Å². The molecule has 0 amide bonds. The lowest BCUT2D eigenvalue weighted by Gasteiger charge is -2.37. The molecule has 5 nitrogen and oxygen atoms in total. The summed E-state index contributed by atoms with van der Waals surface area (Å²) in [7, 11) is 0. The molecule has 0 unspecified atom stereocenters. The van der Waals surface area contributed by atoms with Gasteiger partial charge in [-0.2, -0.15) is 0 Å². The van der Waals surface area contributed by atoms with Gasteiger partial charge in [0.25, 0.3) is 0 Å². The molecule has 0 aliphatic carbocycles. The van der Waals surface area contributed by atoms with Gasteiger partial charge in [0, 0.05) is 19.6 Å². The molecule has 0 spiro atoms. The Balaban J connectivity index is 2.27. The number of aromatic carboxylic acids is 1. The molecule has 19 heavy (non-hydrogen) atoms. The van der Waals surface area contributed by atoms with Crippen LogP contribution in [0.4, 0.5) is 11.4 Å². The summed E-state index contributed by atoms with van der Waals surface area (Å²) in [6.45, 7) is 7.49. The topological polar surface area (TPSA) is 78.6 Å². The first-order valence-corrected chi connectivity index (χ1v) is 6.49. The summed E-state index contributed by atoms with van der Waals surface area (Å²) in [5.41, 5.74) is 8.08. The Kier molecular flexibility index (Phi) is 3.66. The predicted molar refractivity (Wildman–Crippen MR) is 76.9 cm³/mol. The van der Waals surface area contributed by atoms with Crippen LogP contribution in [0.25, 0.3) is 0 Å². The Bertz CT molecular complexity index is 486. The lowest BCUT2D eigenvalue weighted by Crippen LogP contribution is -2.43. The van der Waals surface area contributed by atoms with E-state index in [4.69, 9.17) is 10.8 Å². The fourth-order valence-corrected chi connectivity index (χ4v) is 2.28. The summed E-state index contributed by atoms with van der Waals surface area (Å²) < 4.78 is 0. The molecular weight excluding hydrogens is 242 g/mol. The third-order valence-corrected chi connectivity index (χ3v) is 3.45. The molecule has 5 heteroatoms.